The van der Waals surface area contributed by atoms with Crippen molar-refractivity contribution in [2.45, 2.75) is 6.92 Å². The fraction of sp³-hybridized carbons (Fsp3) is 0.190. The van der Waals surface area contributed by atoms with Gasteiger partial charge in [0.05, 0.1) is 28.2 Å². The summed E-state index contributed by atoms with van der Waals surface area (Å²) in [6.07, 6.45) is 0. The van der Waals surface area contributed by atoms with Crippen molar-refractivity contribution in [3.63, 3.8) is 0 Å². The highest BCUT2D eigenvalue weighted by Crippen LogP contribution is 2.43. The third-order valence-electron chi connectivity index (χ3n) is 4.23. The van der Waals surface area contributed by atoms with E-state index in [9.17, 15) is 4.79 Å². The molecule has 3 aromatic rings. The quantitative estimate of drug-likeness (QED) is 0.404. The van der Waals surface area contributed by atoms with E-state index in [1.807, 2.05) is 30.3 Å². The van der Waals surface area contributed by atoms with Gasteiger partial charge in [-0.3, -0.25) is 4.79 Å². The Morgan fingerprint density at radius 3 is 2.46 bits per heavy atom. The summed E-state index contributed by atoms with van der Waals surface area (Å²) < 4.78 is 11.2. The Labute approximate surface area is 181 Å². The first-order chi connectivity index (χ1) is 13.5. The van der Waals surface area contributed by atoms with E-state index in [4.69, 9.17) is 32.7 Å². The number of benzene rings is 3. The SMILES string of the molecule is CCOC(=O)CNc1cc(Cl)c(-c2cccc3c(Br)c(OC)ccc23)c(Cl)c1. The van der Waals surface area contributed by atoms with Crippen LogP contribution in [0.3, 0.4) is 0 Å². The Kier molecular flexibility index (Phi) is 6.70. The number of anilines is 1. The first-order valence-corrected chi connectivity index (χ1v) is 10.1. The van der Waals surface area contributed by atoms with Gasteiger partial charge in [-0.2, -0.15) is 0 Å². The zero-order valence-electron chi connectivity index (χ0n) is 15.3. The van der Waals surface area contributed by atoms with Crippen LogP contribution in [0, 0.1) is 0 Å². The fourth-order valence-corrected chi connectivity index (χ4v) is 4.33. The van der Waals surface area contributed by atoms with Gasteiger partial charge in [0, 0.05) is 16.6 Å². The summed E-state index contributed by atoms with van der Waals surface area (Å²) in [6, 6.07) is 13.3. The summed E-state index contributed by atoms with van der Waals surface area (Å²) in [5.41, 5.74) is 2.29. The Hall–Kier alpha value is -1.95. The summed E-state index contributed by atoms with van der Waals surface area (Å²) >= 11 is 16.7. The fourth-order valence-electron chi connectivity index (χ4n) is 3.00. The van der Waals surface area contributed by atoms with Crippen molar-refractivity contribution in [3.8, 4) is 16.9 Å². The topological polar surface area (TPSA) is 47.6 Å². The molecular formula is C21H18BrCl2NO3. The van der Waals surface area contributed by atoms with Crippen LogP contribution in [0.15, 0.2) is 46.9 Å². The largest absolute Gasteiger partial charge is 0.496 e. The number of carbonyl (C=O) groups excluding carboxylic acids is 1. The zero-order chi connectivity index (χ0) is 20.3. The molecule has 0 atom stereocenters. The van der Waals surface area contributed by atoms with E-state index in [0.29, 0.717) is 22.3 Å². The average molecular weight is 483 g/mol. The third-order valence-corrected chi connectivity index (χ3v) is 5.65. The standard InChI is InChI=1S/C21H18BrCl2NO3/c1-3-28-19(26)11-25-12-9-16(23)20(17(24)10-12)14-5-4-6-15-13(14)7-8-18(27-2)21(15)22/h4-10,25H,3,11H2,1-2H3. The summed E-state index contributed by atoms with van der Waals surface area (Å²) in [7, 11) is 1.63. The van der Waals surface area contributed by atoms with Crippen LogP contribution in [0.25, 0.3) is 21.9 Å². The lowest BCUT2D eigenvalue weighted by Gasteiger charge is -2.15. The number of halogens is 3. The molecule has 146 valence electrons. The van der Waals surface area contributed by atoms with Crippen LogP contribution < -0.4 is 10.1 Å². The number of ether oxygens (including phenoxy) is 2. The van der Waals surface area contributed by atoms with Gasteiger partial charge in [-0.15, -0.1) is 0 Å². The second-order valence-electron chi connectivity index (χ2n) is 5.96. The summed E-state index contributed by atoms with van der Waals surface area (Å²) in [4.78, 5) is 11.5. The molecule has 0 fully saturated rings. The minimum atomic E-state index is -0.341. The van der Waals surface area contributed by atoms with Crippen molar-refractivity contribution in [2.75, 3.05) is 25.6 Å². The molecule has 0 aromatic heterocycles. The lowest BCUT2D eigenvalue weighted by atomic mass is 9.97. The maximum Gasteiger partial charge on any atom is 0.325 e. The molecule has 0 radical (unpaired) electrons. The van der Waals surface area contributed by atoms with Crippen LogP contribution in [-0.4, -0.2) is 26.2 Å². The lowest BCUT2D eigenvalue weighted by molar-refractivity contribution is -0.140. The molecule has 0 unspecified atom stereocenters. The van der Waals surface area contributed by atoms with Crippen LogP contribution in [0.4, 0.5) is 5.69 Å². The molecule has 3 rings (SSSR count). The van der Waals surface area contributed by atoms with Gasteiger partial charge in [0.1, 0.15) is 12.3 Å². The number of esters is 1. The summed E-state index contributed by atoms with van der Waals surface area (Å²) in [5, 5.41) is 5.94. The van der Waals surface area contributed by atoms with Crippen molar-refractivity contribution < 1.29 is 14.3 Å². The normalized spacial score (nSPS) is 10.8. The molecule has 1 N–H and O–H groups in total. The Bertz CT molecular complexity index is 1020. The van der Waals surface area contributed by atoms with E-state index < -0.39 is 0 Å². The summed E-state index contributed by atoms with van der Waals surface area (Å²) in [6.45, 7) is 2.14. The minimum absolute atomic E-state index is 0.0425. The smallest absolute Gasteiger partial charge is 0.325 e. The van der Waals surface area contributed by atoms with Crippen LogP contribution in [-0.2, 0) is 9.53 Å². The Morgan fingerprint density at radius 2 is 1.82 bits per heavy atom. The van der Waals surface area contributed by atoms with E-state index in [1.165, 1.54) is 0 Å². The number of fused-ring (bicyclic) bond motifs is 1. The van der Waals surface area contributed by atoms with E-state index in [-0.39, 0.29) is 12.5 Å². The first kappa shape index (κ1) is 20.8. The Balaban J connectivity index is 2.02. The highest BCUT2D eigenvalue weighted by Gasteiger charge is 2.16. The van der Waals surface area contributed by atoms with Gasteiger partial charge in [-0.05, 0) is 58.1 Å². The molecule has 0 bridgehead atoms. The molecule has 3 aromatic carbocycles. The number of hydrogen-bond donors (Lipinski definition) is 1. The number of nitrogens with one attached hydrogen (secondary N) is 1. The molecule has 0 spiro atoms. The molecule has 4 nitrogen and oxygen atoms in total. The average Bonchev–Trinajstić information content (AvgIpc) is 2.67. The molecule has 7 heteroatoms. The molecule has 0 aliphatic carbocycles. The summed E-state index contributed by atoms with van der Waals surface area (Å²) in [5.74, 6) is 0.409. The Morgan fingerprint density at radius 1 is 1.11 bits per heavy atom. The molecule has 0 saturated carbocycles. The van der Waals surface area contributed by atoms with E-state index in [1.54, 1.807) is 26.2 Å². The maximum atomic E-state index is 11.5. The van der Waals surface area contributed by atoms with Crippen LogP contribution in [0.1, 0.15) is 6.92 Å². The van der Waals surface area contributed by atoms with Gasteiger partial charge in [0.15, 0.2) is 0 Å². The van der Waals surface area contributed by atoms with Gasteiger partial charge in [0.2, 0.25) is 0 Å². The highest BCUT2D eigenvalue weighted by molar-refractivity contribution is 9.10. The van der Waals surface area contributed by atoms with Crippen LogP contribution >= 0.6 is 39.1 Å². The van der Waals surface area contributed by atoms with Crippen LogP contribution in [0.5, 0.6) is 5.75 Å². The molecule has 28 heavy (non-hydrogen) atoms. The van der Waals surface area contributed by atoms with E-state index >= 15 is 0 Å². The second kappa shape index (κ2) is 9.03. The van der Waals surface area contributed by atoms with E-state index in [2.05, 4.69) is 21.2 Å². The molecular weight excluding hydrogens is 465 g/mol. The van der Waals surface area contributed by atoms with Gasteiger partial charge in [0.25, 0.3) is 0 Å². The van der Waals surface area contributed by atoms with Crippen molar-refractivity contribution in [1.82, 2.24) is 0 Å². The highest BCUT2D eigenvalue weighted by atomic mass is 79.9. The van der Waals surface area contributed by atoms with Gasteiger partial charge in [-0.25, -0.2) is 0 Å². The monoisotopic (exact) mass is 481 g/mol. The second-order valence-corrected chi connectivity index (χ2v) is 7.56. The molecule has 0 saturated heterocycles. The van der Waals surface area contributed by atoms with Gasteiger partial charge >= 0.3 is 5.97 Å². The zero-order valence-corrected chi connectivity index (χ0v) is 18.4. The minimum Gasteiger partial charge on any atom is -0.496 e. The van der Waals surface area contributed by atoms with Crippen molar-refractivity contribution >= 4 is 61.6 Å². The van der Waals surface area contributed by atoms with Crippen LogP contribution in [0.2, 0.25) is 10.0 Å². The number of carbonyl (C=O) groups is 1. The van der Waals surface area contributed by atoms with Crippen molar-refractivity contribution in [2.24, 2.45) is 0 Å². The molecule has 0 heterocycles. The number of rotatable bonds is 6. The van der Waals surface area contributed by atoms with Crippen molar-refractivity contribution in [3.05, 3.63) is 57.0 Å². The molecule has 0 amide bonds. The maximum absolute atomic E-state index is 11.5. The first-order valence-electron chi connectivity index (χ1n) is 8.60. The third kappa shape index (κ3) is 4.22. The van der Waals surface area contributed by atoms with Crippen molar-refractivity contribution in [1.29, 1.82) is 0 Å². The lowest BCUT2D eigenvalue weighted by Crippen LogP contribution is -2.16. The number of methoxy groups -OCH3 is 1. The predicted molar refractivity (Wildman–Crippen MR) is 119 cm³/mol. The van der Waals surface area contributed by atoms with Gasteiger partial charge < -0.3 is 14.8 Å². The number of hydrogen-bond acceptors (Lipinski definition) is 4. The van der Waals surface area contributed by atoms with E-state index in [0.717, 1.165) is 32.1 Å². The van der Waals surface area contributed by atoms with Gasteiger partial charge in [-0.1, -0.05) is 41.4 Å². The predicted octanol–water partition coefficient (Wildman–Crippen LogP) is 6.56. The molecule has 0 aliphatic heterocycles. The molecule has 0 aliphatic rings.